The molecule has 4 rings (SSSR count). The van der Waals surface area contributed by atoms with E-state index >= 15 is 0 Å². The van der Waals surface area contributed by atoms with Crippen molar-refractivity contribution in [3.05, 3.63) is 58.4 Å². The number of Topliss-reactive ketones (excluding diaryl/α,β-unsaturated/α-hetero) is 1. The number of nitrogens with zero attached hydrogens (tertiary/aromatic N) is 3. The average molecular weight is 405 g/mol. The van der Waals surface area contributed by atoms with Gasteiger partial charge in [0.2, 0.25) is 0 Å². The van der Waals surface area contributed by atoms with Gasteiger partial charge in [-0.15, -0.1) is 0 Å². The minimum Gasteiger partial charge on any atom is -0.505 e. The van der Waals surface area contributed by atoms with Crippen LogP contribution in [0.15, 0.2) is 30.3 Å². The van der Waals surface area contributed by atoms with Crippen molar-refractivity contribution in [1.82, 2.24) is 14.5 Å². The van der Waals surface area contributed by atoms with Crippen LogP contribution in [0.2, 0.25) is 0 Å². The summed E-state index contributed by atoms with van der Waals surface area (Å²) >= 11 is 0. The van der Waals surface area contributed by atoms with E-state index < -0.39 is 0 Å². The molecule has 1 saturated carbocycles. The zero-order valence-corrected chi connectivity index (χ0v) is 17.9. The number of aromatic hydroxyl groups is 1. The molecule has 6 nitrogen and oxygen atoms in total. The summed E-state index contributed by atoms with van der Waals surface area (Å²) in [6.07, 6.45) is 2.68. The Kier molecular flexibility index (Phi) is 5.10. The van der Waals surface area contributed by atoms with Gasteiger partial charge in [0.15, 0.2) is 5.78 Å². The molecule has 3 aromatic rings. The van der Waals surface area contributed by atoms with Crippen LogP contribution in [0.25, 0.3) is 11.0 Å². The zero-order chi connectivity index (χ0) is 21.6. The summed E-state index contributed by atoms with van der Waals surface area (Å²) in [4.78, 5) is 31.9. The molecule has 1 aliphatic rings. The van der Waals surface area contributed by atoms with Crippen LogP contribution in [-0.4, -0.2) is 45.3 Å². The van der Waals surface area contributed by atoms with Gasteiger partial charge in [0.05, 0.1) is 5.52 Å². The molecular weight excluding hydrogens is 378 g/mol. The summed E-state index contributed by atoms with van der Waals surface area (Å²) in [5.41, 5.74) is 3.76. The highest BCUT2D eigenvalue weighted by molar-refractivity contribution is 6.02. The van der Waals surface area contributed by atoms with E-state index in [1.165, 1.54) is 4.90 Å². The Morgan fingerprint density at radius 2 is 1.90 bits per heavy atom. The van der Waals surface area contributed by atoms with Crippen molar-refractivity contribution < 1.29 is 14.7 Å². The zero-order valence-electron chi connectivity index (χ0n) is 17.9. The maximum Gasteiger partial charge on any atom is 0.253 e. The van der Waals surface area contributed by atoms with Gasteiger partial charge in [-0.25, -0.2) is 4.98 Å². The second kappa shape index (κ2) is 7.59. The number of hydrogen-bond acceptors (Lipinski definition) is 4. The molecule has 0 radical (unpaired) electrons. The number of carbonyl (C=O) groups excluding carboxylic acids is 2. The summed E-state index contributed by atoms with van der Waals surface area (Å²) in [6, 6.07) is 9.28. The number of imidazole rings is 1. The van der Waals surface area contributed by atoms with Crippen molar-refractivity contribution in [2.45, 2.75) is 38.5 Å². The first-order chi connectivity index (χ1) is 14.3. The Morgan fingerprint density at radius 3 is 2.53 bits per heavy atom. The molecule has 1 aromatic heterocycles. The lowest BCUT2D eigenvalue weighted by Crippen LogP contribution is -2.23. The molecule has 0 saturated heterocycles. The van der Waals surface area contributed by atoms with Gasteiger partial charge in [0.25, 0.3) is 5.91 Å². The first kappa shape index (κ1) is 20.1. The van der Waals surface area contributed by atoms with E-state index in [-0.39, 0.29) is 30.3 Å². The lowest BCUT2D eigenvalue weighted by molar-refractivity contribution is 0.0825. The second-order valence-electron chi connectivity index (χ2n) is 8.36. The Labute approximate surface area is 176 Å². The quantitative estimate of drug-likeness (QED) is 0.630. The maximum absolute atomic E-state index is 12.9. The van der Waals surface area contributed by atoms with E-state index in [0.29, 0.717) is 28.1 Å². The Hall–Kier alpha value is -3.15. The molecule has 1 heterocycles. The fraction of sp³-hybridized carbons (Fsp3) is 0.375. The first-order valence-electron chi connectivity index (χ1n) is 10.3. The molecule has 2 aromatic carbocycles. The number of carbonyl (C=O) groups is 2. The molecule has 0 bridgehead atoms. The van der Waals surface area contributed by atoms with Crippen LogP contribution in [0.1, 0.15) is 62.8 Å². The summed E-state index contributed by atoms with van der Waals surface area (Å²) in [5, 5.41) is 11.1. The predicted octanol–water partition coefficient (Wildman–Crippen LogP) is 3.98. The summed E-state index contributed by atoms with van der Waals surface area (Å²) < 4.78 is 1.97. The molecule has 156 valence electrons. The molecule has 1 aliphatic carbocycles. The number of fused-ring (bicyclic) bond motifs is 1. The van der Waals surface area contributed by atoms with Crippen LogP contribution >= 0.6 is 0 Å². The van der Waals surface area contributed by atoms with Gasteiger partial charge in [0.1, 0.15) is 17.1 Å². The van der Waals surface area contributed by atoms with Crippen LogP contribution in [0.5, 0.6) is 5.75 Å². The molecule has 0 unspecified atom stereocenters. The molecular formula is C24H27N3O3. The average Bonchev–Trinajstić information content (AvgIpc) is 3.50. The number of aromatic nitrogens is 2. The third-order valence-corrected chi connectivity index (χ3v) is 5.92. The Balaban J connectivity index is 1.76. The minimum atomic E-state index is -0.195. The Morgan fingerprint density at radius 1 is 1.20 bits per heavy atom. The lowest BCUT2D eigenvalue weighted by Gasteiger charge is -2.16. The number of aryl methyl sites for hydroxylation is 2. The molecule has 6 heteroatoms. The van der Waals surface area contributed by atoms with Crippen molar-refractivity contribution in [2.24, 2.45) is 7.05 Å². The molecule has 1 amide bonds. The number of amides is 1. The van der Waals surface area contributed by atoms with E-state index in [4.69, 9.17) is 0 Å². The van der Waals surface area contributed by atoms with Crippen LogP contribution in [0, 0.1) is 6.92 Å². The second-order valence-corrected chi connectivity index (χ2v) is 8.36. The smallest absolute Gasteiger partial charge is 0.253 e. The maximum atomic E-state index is 12.9. The molecule has 0 atom stereocenters. The first-order valence-corrected chi connectivity index (χ1v) is 10.3. The van der Waals surface area contributed by atoms with Crippen LogP contribution < -0.4 is 0 Å². The van der Waals surface area contributed by atoms with Crippen LogP contribution in [-0.2, 0) is 13.5 Å². The standard InChI is InChI=1S/C24H27N3O3/c1-14-7-5-6-8-16(14)20(28)12-11-17-18(24(30)26(2)3)13-19-21(22(17)29)25-23(27(19)4)15-9-10-15/h5-8,13,15,29H,9-12H2,1-4H3. The van der Waals surface area contributed by atoms with Crippen molar-refractivity contribution in [3.8, 4) is 5.75 Å². The molecule has 30 heavy (non-hydrogen) atoms. The third-order valence-electron chi connectivity index (χ3n) is 5.92. The number of hydrogen-bond donors (Lipinski definition) is 1. The number of phenols is 1. The van der Waals surface area contributed by atoms with Gasteiger partial charge in [-0.2, -0.15) is 0 Å². The summed E-state index contributed by atoms with van der Waals surface area (Å²) in [7, 11) is 5.29. The molecule has 0 aliphatic heterocycles. The van der Waals surface area contributed by atoms with E-state index in [2.05, 4.69) is 4.98 Å². The van der Waals surface area contributed by atoms with Crippen molar-refractivity contribution >= 4 is 22.7 Å². The molecule has 1 N–H and O–H groups in total. The van der Waals surface area contributed by atoms with E-state index in [0.717, 1.165) is 29.7 Å². The van der Waals surface area contributed by atoms with E-state index in [1.54, 1.807) is 14.1 Å². The SMILES string of the molecule is Cc1ccccc1C(=O)CCc1c(C(=O)N(C)C)cc2c(nc(C3CC3)n2C)c1O. The number of rotatable bonds is 6. The highest BCUT2D eigenvalue weighted by Crippen LogP contribution is 2.42. The van der Waals surface area contributed by atoms with Crippen LogP contribution in [0.3, 0.4) is 0 Å². The van der Waals surface area contributed by atoms with Gasteiger partial charge in [-0.1, -0.05) is 24.3 Å². The van der Waals surface area contributed by atoms with Crippen molar-refractivity contribution in [1.29, 1.82) is 0 Å². The van der Waals surface area contributed by atoms with E-state index in [1.807, 2.05) is 48.9 Å². The summed E-state index contributed by atoms with van der Waals surface area (Å²) in [5.74, 6) is 1.17. The fourth-order valence-electron chi connectivity index (χ4n) is 4.01. The monoisotopic (exact) mass is 405 g/mol. The normalized spacial score (nSPS) is 13.6. The van der Waals surface area contributed by atoms with Gasteiger partial charge in [-0.05, 0) is 37.8 Å². The highest BCUT2D eigenvalue weighted by Gasteiger charge is 2.31. The number of phenolic OH excluding ortho intramolecular Hbond substituents is 1. The van der Waals surface area contributed by atoms with Gasteiger partial charge < -0.3 is 14.6 Å². The van der Waals surface area contributed by atoms with Crippen molar-refractivity contribution in [2.75, 3.05) is 14.1 Å². The predicted molar refractivity (Wildman–Crippen MR) is 116 cm³/mol. The minimum absolute atomic E-state index is 0.00413. The fourth-order valence-corrected chi connectivity index (χ4v) is 4.01. The topological polar surface area (TPSA) is 75.4 Å². The van der Waals surface area contributed by atoms with Gasteiger partial charge in [0, 0.05) is 50.2 Å². The van der Waals surface area contributed by atoms with E-state index in [9.17, 15) is 14.7 Å². The Bertz CT molecular complexity index is 1160. The van der Waals surface area contributed by atoms with Crippen LogP contribution in [0.4, 0.5) is 0 Å². The van der Waals surface area contributed by atoms with Crippen molar-refractivity contribution in [3.63, 3.8) is 0 Å². The summed E-state index contributed by atoms with van der Waals surface area (Å²) in [6.45, 7) is 1.91. The molecule has 1 fully saturated rings. The van der Waals surface area contributed by atoms with Gasteiger partial charge >= 0.3 is 0 Å². The van der Waals surface area contributed by atoms with Gasteiger partial charge in [-0.3, -0.25) is 9.59 Å². The largest absolute Gasteiger partial charge is 0.505 e. The number of ketones is 1. The molecule has 0 spiro atoms. The lowest BCUT2D eigenvalue weighted by atomic mass is 9.95. The highest BCUT2D eigenvalue weighted by atomic mass is 16.3. The number of benzene rings is 2. The third kappa shape index (κ3) is 3.47.